The Bertz CT molecular complexity index is 426. The highest BCUT2D eigenvalue weighted by Gasteiger charge is 2.19. The van der Waals surface area contributed by atoms with Gasteiger partial charge in [-0.05, 0) is 38.2 Å². The Hall–Kier alpha value is -1.35. The van der Waals surface area contributed by atoms with Gasteiger partial charge in [0.15, 0.2) is 0 Å². The van der Waals surface area contributed by atoms with Gasteiger partial charge in [-0.15, -0.1) is 0 Å². The van der Waals surface area contributed by atoms with E-state index < -0.39 is 0 Å². The third-order valence-corrected chi connectivity index (χ3v) is 3.20. The maximum atomic E-state index is 11.3. The molecule has 1 aromatic carbocycles. The number of rotatable bonds is 4. The predicted octanol–water partition coefficient (Wildman–Crippen LogP) is 2.20. The van der Waals surface area contributed by atoms with Gasteiger partial charge in [-0.3, -0.25) is 4.79 Å². The number of hydrogen-bond donors (Lipinski definition) is 0. The van der Waals surface area contributed by atoms with Crippen molar-refractivity contribution in [2.24, 2.45) is 0 Å². The molecule has 1 aliphatic rings. The van der Waals surface area contributed by atoms with Crippen molar-refractivity contribution >= 4 is 5.78 Å². The summed E-state index contributed by atoms with van der Waals surface area (Å²) in [6.07, 6.45) is 1.54. The molecule has 0 saturated carbocycles. The molecular weight excluding hydrogens is 214 g/mol. The van der Waals surface area contributed by atoms with Crippen LogP contribution in [0.5, 0.6) is 5.75 Å². The third kappa shape index (κ3) is 2.67. The lowest BCUT2D eigenvalue weighted by atomic mass is 9.98. The molecule has 92 valence electrons. The topological polar surface area (TPSA) is 29.5 Å². The number of carbonyl (C=O) groups excluding carboxylic acids is 1. The van der Waals surface area contributed by atoms with Gasteiger partial charge in [0.2, 0.25) is 0 Å². The number of carbonyl (C=O) groups is 1. The van der Waals surface area contributed by atoms with Crippen LogP contribution >= 0.6 is 0 Å². The maximum Gasteiger partial charge on any atom is 0.131 e. The van der Waals surface area contributed by atoms with Crippen molar-refractivity contribution in [2.45, 2.75) is 25.8 Å². The summed E-state index contributed by atoms with van der Waals surface area (Å²) >= 11 is 0. The highest BCUT2D eigenvalue weighted by molar-refractivity contribution is 5.76. The van der Waals surface area contributed by atoms with Crippen LogP contribution < -0.4 is 4.74 Å². The highest BCUT2D eigenvalue weighted by Crippen LogP contribution is 2.30. The van der Waals surface area contributed by atoms with Crippen molar-refractivity contribution in [3.8, 4) is 5.75 Å². The smallest absolute Gasteiger partial charge is 0.131 e. The molecular formula is C14H19NO2. The fourth-order valence-corrected chi connectivity index (χ4v) is 2.28. The van der Waals surface area contributed by atoms with Crippen LogP contribution in [-0.2, 0) is 11.2 Å². The summed E-state index contributed by atoms with van der Waals surface area (Å²) in [6.45, 7) is 2.42. The van der Waals surface area contributed by atoms with E-state index in [1.165, 1.54) is 11.1 Å². The molecule has 1 aromatic rings. The van der Waals surface area contributed by atoms with Gasteiger partial charge in [0.25, 0.3) is 0 Å². The van der Waals surface area contributed by atoms with Crippen molar-refractivity contribution in [3.05, 3.63) is 29.3 Å². The van der Waals surface area contributed by atoms with Gasteiger partial charge in [-0.25, -0.2) is 0 Å². The molecule has 17 heavy (non-hydrogen) atoms. The number of nitrogens with zero attached hydrogens (tertiary/aromatic N) is 1. The lowest BCUT2D eigenvalue weighted by Crippen LogP contribution is -2.22. The van der Waals surface area contributed by atoms with E-state index in [0.717, 1.165) is 18.8 Å². The molecule has 1 heterocycles. The molecule has 0 saturated heterocycles. The fourth-order valence-electron chi connectivity index (χ4n) is 2.28. The fraction of sp³-hybridized carbons (Fsp3) is 0.500. The molecule has 0 spiro atoms. The van der Waals surface area contributed by atoms with Gasteiger partial charge in [0.05, 0.1) is 6.61 Å². The minimum atomic E-state index is 0.165. The summed E-state index contributed by atoms with van der Waals surface area (Å²) in [5.74, 6) is 1.22. The van der Waals surface area contributed by atoms with Crippen LogP contribution in [0.1, 0.15) is 30.5 Å². The summed E-state index contributed by atoms with van der Waals surface area (Å²) in [5.41, 5.74) is 2.47. The molecule has 0 fully saturated rings. The first-order valence-electron chi connectivity index (χ1n) is 5.99. The van der Waals surface area contributed by atoms with E-state index in [2.05, 4.69) is 17.0 Å². The molecule has 1 atom stereocenters. The Morgan fingerprint density at radius 1 is 1.47 bits per heavy atom. The van der Waals surface area contributed by atoms with Gasteiger partial charge < -0.3 is 9.64 Å². The van der Waals surface area contributed by atoms with E-state index in [-0.39, 0.29) is 11.8 Å². The Labute approximate surface area is 102 Å². The zero-order valence-electron chi connectivity index (χ0n) is 10.7. The standard InChI is InChI=1S/C14H19NO2/c1-10(16)8-13(15(2)3)11-4-5-14-12(9-11)6-7-17-14/h4-5,9,13H,6-8H2,1-3H3. The summed E-state index contributed by atoms with van der Waals surface area (Å²) in [5, 5.41) is 0. The van der Waals surface area contributed by atoms with Gasteiger partial charge in [-0.1, -0.05) is 12.1 Å². The van der Waals surface area contributed by atoms with Crippen molar-refractivity contribution in [1.82, 2.24) is 4.90 Å². The molecule has 3 heteroatoms. The monoisotopic (exact) mass is 233 g/mol. The van der Waals surface area contributed by atoms with E-state index in [9.17, 15) is 4.79 Å². The van der Waals surface area contributed by atoms with Crippen molar-refractivity contribution < 1.29 is 9.53 Å². The van der Waals surface area contributed by atoms with Crippen molar-refractivity contribution in [2.75, 3.05) is 20.7 Å². The van der Waals surface area contributed by atoms with Crippen molar-refractivity contribution in [1.29, 1.82) is 0 Å². The van der Waals surface area contributed by atoms with Crippen LogP contribution in [0.4, 0.5) is 0 Å². The lowest BCUT2D eigenvalue weighted by Gasteiger charge is -2.24. The zero-order valence-corrected chi connectivity index (χ0v) is 10.7. The molecule has 0 aromatic heterocycles. The van der Waals surface area contributed by atoms with E-state index in [1.807, 2.05) is 20.2 Å². The molecule has 0 amide bonds. The molecule has 0 N–H and O–H groups in total. The normalized spacial score (nSPS) is 15.5. The summed E-state index contributed by atoms with van der Waals surface area (Å²) in [7, 11) is 4.02. The van der Waals surface area contributed by atoms with Crippen LogP contribution in [0.15, 0.2) is 18.2 Å². The number of ether oxygens (including phenoxy) is 1. The Kier molecular flexibility index (Phi) is 3.48. The Morgan fingerprint density at radius 2 is 2.24 bits per heavy atom. The highest BCUT2D eigenvalue weighted by atomic mass is 16.5. The SMILES string of the molecule is CC(=O)CC(c1ccc2c(c1)CCO2)N(C)C. The van der Waals surface area contributed by atoms with Crippen LogP contribution in [0.3, 0.4) is 0 Å². The van der Waals surface area contributed by atoms with Gasteiger partial charge in [0, 0.05) is 18.9 Å². The third-order valence-electron chi connectivity index (χ3n) is 3.20. The number of hydrogen-bond acceptors (Lipinski definition) is 3. The van der Waals surface area contributed by atoms with E-state index in [1.54, 1.807) is 6.92 Å². The maximum absolute atomic E-state index is 11.3. The molecule has 2 rings (SSSR count). The average molecular weight is 233 g/mol. The van der Waals surface area contributed by atoms with E-state index >= 15 is 0 Å². The van der Waals surface area contributed by atoms with Crippen LogP contribution in [0.25, 0.3) is 0 Å². The number of Topliss-reactive ketones (excluding diaryl/α,β-unsaturated/α-hetero) is 1. The quantitative estimate of drug-likeness (QED) is 0.798. The Balaban J connectivity index is 2.27. The van der Waals surface area contributed by atoms with E-state index in [4.69, 9.17) is 4.74 Å². The summed E-state index contributed by atoms with van der Waals surface area (Å²) in [4.78, 5) is 13.4. The van der Waals surface area contributed by atoms with Crippen LogP contribution in [0.2, 0.25) is 0 Å². The molecule has 1 aliphatic heterocycles. The molecule has 1 unspecified atom stereocenters. The van der Waals surface area contributed by atoms with Gasteiger partial charge in [0.1, 0.15) is 11.5 Å². The summed E-state index contributed by atoms with van der Waals surface area (Å²) in [6, 6.07) is 6.43. The number of fused-ring (bicyclic) bond motifs is 1. The summed E-state index contributed by atoms with van der Waals surface area (Å²) < 4.78 is 5.49. The number of benzene rings is 1. The Morgan fingerprint density at radius 3 is 2.88 bits per heavy atom. The largest absolute Gasteiger partial charge is 0.493 e. The van der Waals surface area contributed by atoms with Crippen LogP contribution in [0, 0.1) is 0 Å². The zero-order chi connectivity index (χ0) is 12.4. The second-order valence-electron chi connectivity index (χ2n) is 4.85. The second-order valence-corrected chi connectivity index (χ2v) is 4.85. The minimum Gasteiger partial charge on any atom is -0.493 e. The molecule has 3 nitrogen and oxygen atoms in total. The van der Waals surface area contributed by atoms with Gasteiger partial charge >= 0.3 is 0 Å². The van der Waals surface area contributed by atoms with Crippen molar-refractivity contribution in [3.63, 3.8) is 0 Å². The molecule has 0 aliphatic carbocycles. The lowest BCUT2D eigenvalue weighted by molar-refractivity contribution is -0.118. The van der Waals surface area contributed by atoms with Gasteiger partial charge in [-0.2, -0.15) is 0 Å². The first-order valence-corrected chi connectivity index (χ1v) is 5.99. The first kappa shape index (κ1) is 12.1. The first-order chi connectivity index (χ1) is 8.08. The average Bonchev–Trinajstić information content (AvgIpc) is 2.72. The van der Waals surface area contributed by atoms with Crippen LogP contribution in [-0.4, -0.2) is 31.4 Å². The molecule has 0 bridgehead atoms. The predicted molar refractivity (Wildman–Crippen MR) is 67.4 cm³/mol. The van der Waals surface area contributed by atoms with E-state index in [0.29, 0.717) is 6.42 Å². The number of ketones is 1. The second kappa shape index (κ2) is 4.88. The minimum absolute atomic E-state index is 0.165. The molecule has 0 radical (unpaired) electrons.